The van der Waals surface area contributed by atoms with Gasteiger partial charge in [-0.3, -0.25) is 9.59 Å². The molecule has 1 aromatic rings. The lowest BCUT2D eigenvalue weighted by Gasteiger charge is -2.24. The predicted octanol–water partition coefficient (Wildman–Crippen LogP) is 1.25. The van der Waals surface area contributed by atoms with Crippen LogP contribution in [0.1, 0.15) is 38.2 Å². The van der Waals surface area contributed by atoms with E-state index in [9.17, 15) is 9.59 Å². The van der Waals surface area contributed by atoms with Crippen molar-refractivity contribution in [3.05, 3.63) is 26.0 Å². The van der Waals surface area contributed by atoms with Crippen molar-refractivity contribution in [2.24, 2.45) is 5.92 Å². The van der Waals surface area contributed by atoms with Crippen molar-refractivity contribution in [2.75, 3.05) is 18.5 Å². The standard InChI is InChI=1S/C12H17NO2/c1-7(2)6-13(3)10-9(8-4-5-8)11(14)12(10)15/h7-8H,4-6H2,1-3H3. The van der Waals surface area contributed by atoms with E-state index >= 15 is 0 Å². The maximum absolute atomic E-state index is 11.5. The van der Waals surface area contributed by atoms with Gasteiger partial charge in [-0.25, -0.2) is 0 Å². The second-order valence-corrected chi connectivity index (χ2v) is 4.97. The summed E-state index contributed by atoms with van der Waals surface area (Å²) in [6, 6.07) is 0. The fourth-order valence-corrected chi connectivity index (χ4v) is 2.17. The molecular weight excluding hydrogens is 190 g/mol. The molecule has 1 aliphatic carbocycles. The third-order valence-electron chi connectivity index (χ3n) is 2.93. The number of anilines is 1. The third-order valence-corrected chi connectivity index (χ3v) is 2.93. The molecule has 3 nitrogen and oxygen atoms in total. The summed E-state index contributed by atoms with van der Waals surface area (Å²) in [6.07, 6.45) is 2.15. The first-order valence-corrected chi connectivity index (χ1v) is 5.56. The van der Waals surface area contributed by atoms with Crippen LogP contribution in [0.15, 0.2) is 9.59 Å². The number of hydrogen-bond acceptors (Lipinski definition) is 3. The van der Waals surface area contributed by atoms with E-state index in [1.165, 1.54) is 0 Å². The topological polar surface area (TPSA) is 37.4 Å². The van der Waals surface area contributed by atoms with Crippen LogP contribution in [0.4, 0.5) is 5.69 Å². The van der Waals surface area contributed by atoms with Crippen molar-refractivity contribution in [2.45, 2.75) is 32.6 Å². The van der Waals surface area contributed by atoms with Gasteiger partial charge >= 0.3 is 0 Å². The summed E-state index contributed by atoms with van der Waals surface area (Å²) in [4.78, 5) is 24.8. The smallest absolute Gasteiger partial charge is 0.249 e. The van der Waals surface area contributed by atoms with Gasteiger partial charge in [-0.1, -0.05) is 13.8 Å². The van der Waals surface area contributed by atoms with E-state index in [4.69, 9.17) is 0 Å². The summed E-state index contributed by atoms with van der Waals surface area (Å²) in [5.74, 6) is 0.895. The molecule has 0 unspecified atom stereocenters. The fraction of sp³-hybridized carbons (Fsp3) is 0.667. The molecule has 3 heteroatoms. The zero-order valence-corrected chi connectivity index (χ0v) is 9.54. The molecule has 1 aromatic carbocycles. The van der Waals surface area contributed by atoms with Gasteiger partial charge in [0.25, 0.3) is 0 Å². The van der Waals surface area contributed by atoms with Crippen LogP contribution in [0.2, 0.25) is 0 Å². The van der Waals surface area contributed by atoms with Crippen LogP contribution in [0.25, 0.3) is 0 Å². The molecule has 0 heterocycles. The summed E-state index contributed by atoms with van der Waals surface area (Å²) in [5.41, 5.74) is 0.988. The Hall–Kier alpha value is -1.12. The van der Waals surface area contributed by atoms with Gasteiger partial charge in [0.05, 0.1) is 5.69 Å². The first-order chi connectivity index (χ1) is 7.02. The van der Waals surface area contributed by atoms with Crippen LogP contribution in [-0.2, 0) is 0 Å². The van der Waals surface area contributed by atoms with Crippen LogP contribution in [0.5, 0.6) is 0 Å². The zero-order chi connectivity index (χ0) is 11.2. The summed E-state index contributed by atoms with van der Waals surface area (Å²) in [6.45, 7) is 5.06. The highest BCUT2D eigenvalue weighted by Gasteiger charge is 2.35. The van der Waals surface area contributed by atoms with Crippen molar-refractivity contribution < 1.29 is 0 Å². The maximum atomic E-state index is 11.5. The van der Waals surface area contributed by atoms with Crippen LogP contribution in [0, 0.1) is 5.92 Å². The zero-order valence-electron chi connectivity index (χ0n) is 9.54. The van der Waals surface area contributed by atoms with Gasteiger partial charge in [-0.05, 0) is 24.7 Å². The molecule has 1 saturated carbocycles. The van der Waals surface area contributed by atoms with E-state index < -0.39 is 0 Å². The first-order valence-electron chi connectivity index (χ1n) is 5.56. The molecule has 2 rings (SSSR count). The Morgan fingerprint density at radius 2 is 1.87 bits per heavy atom. The molecule has 0 amide bonds. The number of nitrogens with zero attached hydrogens (tertiary/aromatic N) is 1. The first kappa shape index (κ1) is 10.4. The molecule has 1 aliphatic rings. The maximum Gasteiger partial charge on any atom is 0.249 e. The van der Waals surface area contributed by atoms with Crippen molar-refractivity contribution in [3.8, 4) is 0 Å². The lowest BCUT2D eigenvalue weighted by molar-refractivity contribution is 0.634. The van der Waals surface area contributed by atoms with Crippen molar-refractivity contribution in [1.29, 1.82) is 0 Å². The predicted molar refractivity (Wildman–Crippen MR) is 61.4 cm³/mol. The van der Waals surface area contributed by atoms with Crippen LogP contribution < -0.4 is 15.8 Å². The van der Waals surface area contributed by atoms with Crippen molar-refractivity contribution in [1.82, 2.24) is 0 Å². The minimum Gasteiger partial charge on any atom is -0.371 e. The summed E-state index contributed by atoms with van der Waals surface area (Å²) in [7, 11) is 1.90. The van der Waals surface area contributed by atoms with Gasteiger partial charge in [-0.15, -0.1) is 0 Å². The molecule has 0 bridgehead atoms. The summed E-state index contributed by atoms with van der Waals surface area (Å²) >= 11 is 0. The quantitative estimate of drug-likeness (QED) is 0.697. The van der Waals surface area contributed by atoms with Gasteiger partial charge in [0.1, 0.15) is 0 Å². The highest BCUT2D eigenvalue weighted by molar-refractivity contribution is 5.60. The SMILES string of the molecule is CC(C)CN(C)c1c(C2CC2)c(=O)c1=O. The van der Waals surface area contributed by atoms with Gasteiger partial charge in [0.15, 0.2) is 0 Å². The minimum absolute atomic E-state index is 0.233. The van der Waals surface area contributed by atoms with E-state index in [2.05, 4.69) is 13.8 Å². The molecule has 0 atom stereocenters. The molecule has 0 N–H and O–H groups in total. The average molecular weight is 207 g/mol. The van der Waals surface area contributed by atoms with Crippen molar-refractivity contribution >= 4 is 5.69 Å². The molecular formula is C12H17NO2. The second kappa shape index (κ2) is 3.47. The Labute approximate surface area is 89.4 Å². The van der Waals surface area contributed by atoms with Crippen LogP contribution >= 0.6 is 0 Å². The Bertz CT molecular complexity index is 436. The van der Waals surface area contributed by atoms with Crippen molar-refractivity contribution in [3.63, 3.8) is 0 Å². The highest BCUT2D eigenvalue weighted by Crippen LogP contribution is 2.42. The molecule has 82 valence electrons. The Kier molecular flexibility index (Phi) is 2.41. The largest absolute Gasteiger partial charge is 0.371 e. The second-order valence-electron chi connectivity index (χ2n) is 4.97. The van der Waals surface area contributed by atoms with E-state index in [1.54, 1.807) is 0 Å². The van der Waals surface area contributed by atoms with E-state index in [-0.39, 0.29) is 10.9 Å². The molecule has 0 aliphatic heterocycles. The number of rotatable bonds is 4. The normalized spacial score (nSPS) is 16.3. The van der Waals surface area contributed by atoms with Gasteiger partial charge in [-0.2, -0.15) is 0 Å². The summed E-state index contributed by atoms with van der Waals surface area (Å²) < 4.78 is 0. The van der Waals surface area contributed by atoms with Gasteiger partial charge in [0, 0.05) is 19.2 Å². The van der Waals surface area contributed by atoms with Gasteiger partial charge in [0.2, 0.25) is 10.9 Å². The van der Waals surface area contributed by atoms with Gasteiger partial charge < -0.3 is 4.90 Å². The Balaban J connectivity index is 2.24. The molecule has 15 heavy (non-hydrogen) atoms. The van der Waals surface area contributed by atoms with E-state index in [0.29, 0.717) is 17.5 Å². The molecule has 1 fully saturated rings. The molecule has 0 spiro atoms. The summed E-state index contributed by atoms with van der Waals surface area (Å²) in [5, 5.41) is 0. The van der Waals surface area contributed by atoms with Crippen LogP contribution in [-0.4, -0.2) is 13.6 Å². The number of hydrogen-bond donors (Lipinski definition) is 0. The lowest BCUT2D eigenvalue weighted by Crippen LogP contribution is -2.43. The fourth-order valence-electron chi connectivity index (χ4n) is 2.17. The van der Waals surface area contributed by atoms with Crippen LogP contribution in [0.3, 0.4) is 0 Å². The molecule has 0 aromatic heterocycles. The van der Waals surface area contributed by atoms with E-state index in [1.807, 2.05) is 11.9 Å². The minimum atomic E-state index is -0.278. The Morgan fingerprint density at radius 3 is 2.33 bits per heavy atom. The average Bonchev–Trinajstić information content (AvgIpc) is 2.94. The molecule has 0 saturated heterocycles. The lowest BCUT2D eigenvalue weighted by atomic mass is 10.0. The third kappa shape index (κ3) is 1.71. The Morgan fingerprint density at radius 1 is 1.27 bits per heavy atom. The van der Waals surface area contributed by atoms with E-state index in [0.717, 1.165) is 24.9 Å². The molecule has 0 radical (unpaired) electrons. The monoisotopic (exact) mass is 207 g/mol. The highest BCUT2D eigenvalue weighted by atomic mass is 16.2.